The molecule has 1 heterocycles. The summed E-state index contributed by atoms with van der Waals surface area (Å²) in [7, 11) is 0.00766. The van der Waals surface area contributed by atoms with Crippen LogP contribution in [0.5, 0.6) is 11.5 Å². The third-order valence-corrected chi connectivity index (χ3v) is 24.6. The zero-order chi connectivity index (χ0) is 87.8. The van der Waals surface area contributed by atoms with Crippen LogP contribution in [0.4, 0.5) is 0 Å². The summed E-state index contributed by atoms with van der Waals surface area (Å²) in [6, 6.07) is 87.5. The van der Waals surface area contributed by atoms with E-state index in [2.05, 4.69) is 325 Å². The first kappa shape index (κ1) is 98.2. The molecule has 20 heteroatoms. The second-order valence-corrected chi connectivity index (χ2v) is 37.1. The molecule has 121 heavy (non-hydrogen) atoms. The maximum atomic E-state index is 8.74. The molecule has 1 unspecified atom stereocenters. The first-order valence-electron chi connectivity index (χ1n) is 39.8. The number of hydrogen-bond acceptors (Lipinski definition) is 6. The zero-order valence-electron chi connectivity index (χ0n) is 72.7. The van der Waals surface area contributed by atoms with Gasteiger partial charge in [-0.25, -0.2) is 0 Å². The van der Waals surface area contributed by atoms with Crippen LogP contribution >= 0.6 is 95.4 Å². The van der Waals surface area contributed by atoms with Crippen molar-refractivity contribution in [2.75, 3.05) is 19.6 Å². The van der Waals surface area contributed by atoms with Crippen molar-refractivity contribution in [1.29, 1.82) is 1.28 Å². The Bertz CT molecular complexity index is 6040. The van der Waals surface area contributed by atoms with Gasteiger partial charge >= 0.3 is 43.4 Å². The molecule has 2 N–H and O–H groups in total. The average molecular weight is 1970 g/mol. The van der Waals surface area contributed by atoms with Gasteiger partial charge in [0.2, 0.25) is 0 Å². The monoisotopic (exact) mass is 1960 g/mol. The molecule has 0 saturated carbocycles. The van der Waals surface area contributed by atoms with E-state index in [0.717, 1.165) is 42.6 Å². The molecule has 13 aromatic carbocycles. The van der Waals surface area contributed by atoms with Gasteiger partial charge in [-0.15, -0.1) is 23.2 Å². The first-order valence-corrected chi connectivity index (χ1v) is 44.0. The number of allylic oxidation sites excluding steroid dienone is 1. The summed E-state index contributed by atoms with van der Waals surface area (Å²) in [6.45, 7) is 33.1. The molecule has 1 atom stereocenters. The van der Waals surface area contributed by atoms with Crippen molar-refractivity contribution in [2.24, 2.45) is 0 Å². The minimum absolute atomic E-state index is 0. The fourth-order valence-corrected chi connectivity index (χ4v) is 17.8. The third kappa shape index (κ3) is 21.6. The summed E-state index contributed by atoms with van der Waals surface area (Å²) in [5, 5.41) is 8.20. The molecule has 18 rings (SSSR count). The number of hydrogen-bond donors (Lipinski definition) is 2. The van der Waals surface area contributed by atoms with Crippen LogP contribution < -0.4 is 27.3 Å². The van der Waals surface area contributed by atoms with Gasteiger partial charge in [0, 0.05) is 47.3 Å². The molecule has 8 nitrogen and oxygen atoms in total. The molecule has 1 fully saturated rings. The molecule has 1 saturated heterocycles. The number of fused-ring (bicyclic) bond motifs is 15. The van der Waals surface area contributed by atoms with E-state index in [4.69, 9.17) is 107 Å². The van der Waals surface area contributed by atoms with Gasteiger partial charge in [-0.3, -0.25) is 9.11 Å². The van der Waals surface area contributed by atoms with E-state index in [1.807, 2.05) is 43.3 Å². The Hall–Kier alpha value is -6.61. The van der Waals surface area contributed by atoms with Crippen molar-refractivity contribution in [3.63, 3.8) is 0 Å². The summed E-state index contributed by atoms with van der Waals surface area (Å²) >= 11 is 37.3. The number of ether oxygens (including phenoxy) is 2. The molecule has 13 aromatic rings. The molecule has 0 amide bonds. The van der Waals surface area contributed by atoms with E-state index in [1.54, 1.807) is 36.2 Å². The van der Waals surface area contributed by atoms with E-state index in [-0.39, 0.29) is 83.6 Å². The number of rotatable bonds is 6. The maximum absolute atomic E-state index is 8.74. The standard InChI is InChI=1S/C24H21Cl.C23H17Cl.C22H19ClO.C21H25BO2.C7H6BrClO.C3H8.CH2Cl2.ClH.In.H2O4S.H3P.2H/c1-4-7-16-10-12-18(25)15-21(16)17-11-13-20-19-8-5-6-9-22(19)24(2,3)23(20)14-17;1-23(2)21-6-4-3-5-17(21)20-11-15-8-7-14-9-10-16(24)12-18(14)19(15)13-22(20)23;1-22(2)19-7-5-4-6-16(19)17-10-8-14(12-20(17)22)18-13-15(23)9-11-21(18)24-3;1-19(2)17-10-8-7-9-15(17)16-12-11-14(13-18(16)19)22-23-20(3,4)21(5,6)24-22;1-10-7-3-2-5(9)4-6(7)8;1-3-2;2-1-3;;;1-5(2,3)4;;;/h4-15H,1-3H3;3-13H,1-2H3;4-13H,1-3H3;7-13H,1-6H3;2-4H,1H3;3H2,1-2H3;1H2;1H;;(H2,1,2,3,4);1H3;;/p-1/i;;;;;;;;;;1T;;. The van der Waals surface area contributed by atoms with Crippen LogP contribution in [-0.2, 0) is 41.4 Å². The molecule has 0 spiro atoms. The minimum atomic E-state index is -4.67. The van der Waals surface area contributed by atoms with Crippen LogP contribution in [0.15, 0.2) is 259 Å². The van der Waals surface area contributed by atoms with Crippen molar-refractivity contribution in [2.45, 2.75) is 143 Å². The summed E-state index contributed by atoms with van der Waals surface area (Å²) < 4.78 is 61.1. The number of methoxy groups -OCH3 is 2. The molecule has 1 aliphatic heterocycles. The Labute approximate surface area is 784 Å². The van der Waals surface area contributed by atoms with Crippen LogP contribution in [0.25, 0.3) is 94.4 Å². The average Bonchev–Trinajstić information content (AvgIpc) is 1.58. The Morgan fingerprint density at radius 2 is 0.752 bits per heavy atom. The Balaban J connectivity index is 0.000000185. The topological polar surface area (TPSA) is 112 Å². The van der Waals surface area contributed by atoms with Gasteiger partial charge in [-0.05, 0) is 274 Å². The van der Waals surface area contributed by atoms with Gasteiger partial charge in [0.05, 0.1) is 36.5 Å². The molecular formula is C101H105BBrCl7InO8PS-. The van der Waals surface area contributed by atoms with Gasteiger partial charge in [-0.2, -0.15) is 18.3 Å². The number of halogens is 8. The second-order valence-electron chi connectivity index (χ2n) is 32.8. The third-order valence-electron chi connectivity index (χ3n) is 23.1. The summed E-state index contributed by atoms with van der Waals surface area (Å²) in [5.74, 6) is 1.64. The molecule has 5 aliphatic rings. The van der Waals surface area contributed by atoms with Crippen LogP contribution in [0.2, 0.25) is 20.1 Å². The van der Waals surface area contributed by atoms with Crippen molar-refractivity contribution in [1.82, 2.24) is 0 Å². The van der Waals surface area contributed by atoms with Crippen molar-refractivity contribution >= 4 is 172 Å². The zero-order valence-corrected chi connectivity index (χ0v) is 86.2. The summed E-state index contributed by atoms with van der Waals surface area (Å²) in [4.78, 5) is 0. The number of alkyl halides is 2. The Kier molecular flexibility index (Phi) is 33.4. The summed E-state index contributed by atoms with van der Waals surface area (Å²) in [5.41, 5.74) is 28.1. The Morgan fingerprint density at radius 1 is 0.421 bits per heavy atom. The van der Waals surface area contributed by atoms with E-state index in [1.165, 1.54) is 134 Å². The van der Waals surface area contributed by atoms with Gasteiger partial charge in [0.1, 0.15) is 11.5 Å². The van der Waals surface area contributed by atoms with Crippen LogP contribution in [-0.4, -0.2) is 82.5 Å². The van der Waals surface area contributed by atoms with Crippen molar-refractivity contribution in [3.8, 4) is 78.3 Å². The normalized spacial score (nSPS) is 14.8. The van der Waals surface area contributed by atoms with E-state index >= 15 is 0 Å². The fraction of sp³-hybridized carbons (Fsp3) is 0.248. The van der Waals surface area contributed by atoms with Gasteiger partial charge in [0.25, 0.3) is 0 Å². The van der Waals surface area contributed by atoms with Crippen molar-refractivity contribution < 1.29 is 48.7 Å². The number of benzene rings is 13. The van der Waals surface area contributed by atoms with E-state index < -0.39 is 10.4 Å². The predicted molar refractivity (Wildman–Crippen MR) is 526 cm³/mol. The quantitative estimate of drug-likeness (QED) is 0.0557. The molecule has 1 radical (unpaired) electrons. The molecule has 631 valence electrons. The van der Waals surface area contributed by atoms with E-state index in [9.17, 15) is 0 Å². The van der Waals surface area contributed by atoms with E-state index in [0.29, 0.717) is 10.0 Å². The molecule has 0 bridgehead atoms. The van der Waals surface area contributed by atoms with Crippen LogP contribution in [0, 0.1) is 0 Å². The first-order chi connectivity index (χ1) is 56.8. The molecule has 4 aliphatic carbocycles. The predicted octanol–water partition coefficient (Wildman–Crippen LogP) is 26.4. The van der Waals surface area contributed by atoms with Gasteiger partial charge in [0.15, 0.2) is 0 Å². The Morgan fingerprint density at radius 3 is 1.19 bits per heavy atom. The van der Waals surface area contributed by atoms with Gasteiger partial charge in [-0.1, -0.05) is 298 Å². The molecular weight excluding hydrogens is 1860 g/mol. The van der Waals surface area contributed by atoms with Crippen molar-refractivity contribution in [3.05, 3.63) is 329 Å². The molecule has 0 aromatic heterocycles. The fourth-order valence-electron chi connectivity index (χ4n) is 16.5. The second kappa shape index (κ2) is 41.2. The van der Waals surface area contributed by atoms with Crippen LogP contribution in [0.1, 0.15) is 160 Å². The van der Waals surface area contributed by atoms with Gasteiger partial charge < -0.3 is 31.2 Å². The SMILES string of the molecule is CC1(C)c2ccccc2-c2cc3ccc4ccc(Cl)cc4c3cc21.CC1(C)c2ccccc2-c2ccc(B3OC(C)(C)C(C)(C)O3)cc21.CC=Cc1ccc(Cl)cc1-c1ccc2c(c1)C(C)(C)c1ccccc1-2.CCC.COc1ccc(Cl)cc1-c1ccc2c(c1)C(C)(C)c1ccccc1-2.COc1ccc(Cl)cc1Br.ClCCl.O=S(=O)(O)O.[3H]P.[Cl-].[InH2]. The van der Waals surface area contributed by atoms with Crippen LogP contribution in [0.3, 0.4) is 0 Å². The summed E-state index contributed by atoms with van der Waals surface area (Å²) in [6.07, 6.45) is 5.46.